The maximum atomic E-state index is 12.7. The number of amides is 1. The Labute approximate surface area is 199 Å². The topological polar surface area (TPSA) is 129 Å². The Morgan fingerprint density at radius 1 is 1.00 bits per heavy atom. The molecule has 0 atom stereocenters. The van der Waals surface area contributed by atoms with E-state index in [1.807, 2.05) is 24.3 Å². The van der Waals surface area contributed by atoms with Crippen molar-refractivity contribution in [3.8, 4) is 5.69 Å². The summed E-state index contributed by atoms with van der Waals surface area (Å²) in [5, 5.41) is 18.2. The summed E-state index contributed by atoms with van der Waals surface area (Å²) in [7, 11) is 0. The van der Waals surface area contributed by atoms with Crippen LogP contribution in [0.1, 0.15) is 27.3 Å². The third-order valence-electron chi connectivity index (χ3n) is 5.36. The number of hydrogen-bond donors (Lipinski definition) is 1. The maximum absolute atomic E-state index is 12.7. The molecule has 0 aliphatic carbocycles. The number of nitro groups is 1. The van der Waals surface area contributed by atoms with Gasteiger partial charge in [0, 0.05) is 36.6 Å². The summed E-state index contributed by atoms with van der Waals surface area (Å²) >= 11 is 0. The van der Waals surface area contributed by atoms with E-state index in [2.05, 4.69) is 10.4 Å². The molecule has 0 bridgehead atoms. The molecule has 4 rings (SSSR count). The Bertz CT molecular complexity index is 1520. The highest BCUT2D eigenvalue weighted by Crippen LogP contribution is 2.22. The van der Waals surface area contributed by atoms with Gasteiger partial charge in [0.15, 0.2) is 5.69 Å². The number of hydrogen-bond acceptors (Lipinski definition) is 6. The van der Waals surface area contributed by atoms with Gasteiger partial charge < -0.3 is 9.88 Å². The van der Waals surface area contributed by atoms with Gasteiger partial charge in [-0.25, -0.2) is 4.68 Å². The van der Waals surface area contributed by atoms with Gasteiger partial charge in [-0.2, -0.15) is 5.10 Å². The maximum Gasteiger partial charge on any atom is 0.294 e. The number of carbonyl (C=O) groups excluding carboxylic acids is 1. The zero-order valence-corrected chi connectivity index (χ0v) is 18.7. The smallest absolute Gasteiger partial charge is 0.294 e. The van der Waals surface area contributed by atoms with Gasteiger partial charge in [0.1, 0.15) is 5.69 Å². The zero-order valence-electron chi connectivity index (χ0n) is 18.7. The highest BCUT2D eigenvalue weighted by atomic mass is 16.6. The molecule has 0 aliphatic heterocycles. The lowest BCUT2D eigenvalue weighted by molar-refractivity contribution is -0.384. The Balaban J connectivity index is 1.50. The Hall–Kier alpha value is -4.86. The number of benzene rings is 2. The largest absolute Gasteiger partial charge is 0.346 e. The van der Waals surface area contributed by atoms with E-state index in [4.69, 9.17) is 0 Å². The molecule has 10 heteroatoms. The highest BCUT2D eigenvalue weighted by Gasteiger charge is 2.20. The molecule has 0 fully saturated rings. The summed E-state index contributed by atoms with van der Waals surface area (Å²) in [6.07, 6.45) is 1.71. The van der Waals surface area contributed by atoms with Crippen molar-refractivity contribution in [1.29, 1.82) is 0 Å². The number of nitrogens with one attached hydrogen (secondary N) is 1. The van der Waals surface area contributed by atoms with Gasteiger partial charge in [0.2, 0.25) is 5.43 Å². The van der Waals surface area contributed by atoms with E-state index in [1.54, 1.807) is 35.9 Å². The molecule has 0 unspecified atom stereocenters. The third kappa shape index (κ3) is 5.22. The Kier molecular flexibility index (Phi) is 6.63. The summed E-state index contributed by atoms with van der Waals surface area (Å²) < 4.78 is 2.80. The Morgan fingerprint density at radius 2 is 1.69 bits per heavy atom. The van der Waals surface area contributed by atoms with Crippen LogP contribution in [0.4, 0.5) is 5.69 Å². The number of nitrogens with zero attached hydrogens (tertiary/aromatic N) is 4. The number of aromatic nitrogens is 3. The second-order valence-electron chi connectivity index (χ2n) is 7.82. The highest BCUT2D eigenvalue weighted by molar-refractivity contribution is 5.92. The quantitative estimate of drug-likeness (QED) is 0.326. The van der Waals surface area contributed by atoms with E-state index in [-0.39, 0.29) is 29.2 Å². The fourth-order valence-corrected chi connectivity index (χ4v) is 3.56. The van der Waals surface area contributed by atoms with Crippen molar-refractivity contribution in [2.45, 2.75) is 20.0 Å². The van der Waals surface area contributed by atoms with E-state index in [9.17, 15) is 24.5 Å². The van der Waals surface area contributed by atoms with Gasteiger partial charge in [-0.05, 0) is 30.2 Å². The van der Waals surface area contributed by atoms with Gasteiger partial charge in [-0.1, -0.05) is 42.5 Å². The van der Waals surface area contributed by atoms with Gasteiger partial charge in [-0.3, -0.25) is 24.5 Å². The van der Waals surface area contributed by atoms with Crippen LogP contribution >= 0.6 is 0 Å². The van der Waals surface area contributed by atoms with E-state index in [0.717, 1.165) is 11.1 Å². The van der Waals surface area contributed by atoms with Crippen LogP contribution < -0.4 is 16.3 Å². The van der Waals surface area contributed by atoms with Crippen LogP contribution in [-0.2, 0) is 13.1 Å². The first-order chi connectivity index (χ1) is 16.8. The van der Waals surface area contributed by atoms with E-state index < -0.39 is 16.3 Å². The summed E-state index contributed by atoms with van der Waals surface area (Å²) in [6.45, 7) is 2.15. The van der Waals surface area contributed by atoms with Crippen molar-refractivity contribution in [3.05, 3.63) is 132 Å². The van der Waals surface area contributed by atoms with Crippen molar-refractivity contribution >= 4 is 11.6 Å². The van der Waals surface area contributed by atoms with Crippen LogP contribution in [0.15, 0.2) is 88.6 Å². The number of rotatable bonds is 7. The van der Waals surface area contributed by atoms with Crippen LogP contribution in [-0.4, -0.2) is 25.2 Å². The van der Waals surface area contributed by atoms with E-state index in [1.165, 1.54) is 35.0 Å². The average Bonchev–Trinajstić information content (AvgIpc) is 2.85. The normalized spacial score (nSPS) is 10.7. The molecule has 1 N–H and O–H groups in total. The molecule has 0 saturated carbocycles. The minimum Gasteiger partial charge on any atom is -0.346 e. The molecule has 10 nitrogen and oxygen atoms in total. The second kappa shape index (κ2) is 9.96. The molecule has 35 heavy (non-hydrogen) atoms. The predicted octanol–water partition coefficient (Wildman–Crippen LogP) is 2.59. The number of nitro benzene ring substituents is 1. The van der Waals surface area contributed by atoms with Crippen LogP contribution in [0.3, 0.4) is 0 Å². The monoisotopic (exact) mass is 471 g/mol. The molecule has 0 saturated heterocycles. The number of pyridine rings is 1. The third-order valence-corrected chi connectivity index (χ3v) is 5.36. The number of para-hydroxylation sites is 2. The van der Waals surface area contributed by atoms with Crippen molar-refractivity contribution < 1.29 is 9.72 Å². The molecule has 4 aromatic rings. The number of aryl methyl sites for hydroxylation is 1. The molecule has 0 aliphatic rings. The first-order valence-electron chi connectivity index (χ1n) is 10.7. The fourth-order valence-electron chi connectivity index (χ4n) is 3.56. The molecule has 0 radical (unpaired) electrons. The summed E-state index contributed by atoms with van der Waals surface area (Å²) in [6, 6.07) is 19.5. The molecule has 176 valence electrons. The van der Waals surface area contributed by atoms with E-state index in [0.29, 0.717) is 12.2 Å². The first-order valence-corrected chi connectivity index (χ1v) is 10.7. The lowest BCUT2D eigenvalue weighted by Crippen LogP contribution is -2.31. The van der Waals surface area contributed by atoms with Crippen molar-refractivity contribution in [2.24, 2.45) is 0 Å². The second-order valence-corrected chi connectivity index (χ2v) is 7.82. The fraction of sp³-hybridized carbons (Fsp3) is 0.120. The van der Waals surface area contributed by atoms with Crippen molar-refractivity contribution in [1.82, 2.24) is 19.7 Å². The zero-order chi connectivity index (χ0) is 24.9. The SMILES string of the molecule is Cc1cc(=O)c(C(=O)NCc2ccc(Cn3ccccc3=O)cc2)nn1-c1ccccc1[N+](=O)[O-]. The van der Waals surface area contributed by atoms with E-state index >= 15 is 0 Å². The Morgan fingerprint density at radius 3 is 2.40 bits per heavy atom. The molecule has 2 aromatic heterocycles. The minimum absolute atomic E-state index is 0.0964. The van der Waals surface area contributed by atoms with Crippen LogP contribution in [0, 0.1) is 17.0 Å². The summed E-state index contributed by atoms with van der Waals surface area (Å²) in [4.78, 5) is 47.9. The van der Waals surface area contributed by atoms with Gasteiger partial charge >= 0.3 is 0 Å². The summed E-state index contributed by atoms with van der Waals surface area (Å²) in [5.41, 5.74) is 0.963. The van der Waals surface area contributed by atoms with Crippen LogP contribution in [0.2, 0.25) is 0 Å². The molecule has 2 heterocycles. The van der Waals surface area contributed by atoms with Gasteiger partial charge in [0.25, 0.3) is 17.2 Å². The summed E-state index contributed by atoms with van der Waals surface area (Å²) in [5.74, 6) is -0.692. The van der Waals surface area contributed by atoms with Gasteiger partial charge in [0.05, 0.1) is 11.5 Å². The lowest BCUT2D eigenvalue weighted by Gasteiger charge is -2.12. The molecule has 1 amide bonds. The average molecular weight is 471 g/mol. The van der Waals surface area contributed by atoms with Crippen LogP contribution in [0.5, 0.6) is 0 Å². The van der Waals surface area contributed by atoms with Crippen molar-refractivity contribution in [2.75, 3.05) is 0 Å². The molecular formula is C25H21N5O5. The lowest BCUT2D eigenvalue weighted by atomic mass is 10.1. The van der Waals surface area contributed by atoms with Gasteiger partial charge in [-0.15, -0.1) is 0 Å². The molecule has 2 aromatic carbocycles. The van der Waals surface area contributed by atoms with Crippen LogP contribution in [0.25, 0.3) is 5.69 Å². The first kappa shape index (κ1) is 23.3. The predicted molar refractivity (Wildman–Crippen MR) is 129 cm³/mol. The number of carbonyl (C=O) groups is 1. The van der Waals surface area contributed by atoms with Crippen molar-refractivity contribution in [3.63, 3.8) is 0 Å². The molecule has 0 spiro atoms. The standard InChI is InChI=1S/C25H21N5O5/c1-17-14-22(31)24(27-29(17)20-6-2-3-7-21(20)30(34)35)25(33)26-15-18-9-11-19(12-10-18)16-28-13-5-4-8-23(28)32/h2-14H,15-16H2,1H3,(H,26,33). The molecular weight excluding hydrogens is 450 g/mol. The minimum atomic E-state index is -0.692.